The van der Waals surface area contributed by atoms with E-state index in [-0.39, 0.29) is 25.7 Å². The van der Waals surface area contributed by atoms with Gasteiger partial charge in [-0.15, -0.1) is 0 Å². The number of unbranched alkanes of at least 4 members (excludes halogenated alkanes) is 2. The van der Waals surface area contributed by atoms with Crippen LogP contribution in [0.25, 0.3) is 0 Å². The average Bonchev–Trinajstić information content (AvgIpc) is 2.28. The number of hydrogen-bond acceptors (Lipinski definition) is 3. The second kappa shape index (κ2) is 7.85. The zero-order valence-electron chi connectivity index (χ0n) is 9.82. The molecule has 3 nitrogen and oxygen atoms in total. The van der Waals surface area contributed by atoms with Crippen molar-refractivity contribution in [2.24, 2.45) is 11.3 Å². The molecule has 0 aliphatic carbocycles. The molecule has 3 N–H and O–H groups in total. The van der Waals surface area contributed by atoms with Gasteiger partial charge in [0.1, 0.15) is 0 Å². The lowest BCUT2D eigenvalue weighted by Crippen LogP contribution is -2.39. The molecule has 0 aromatic heterocycles. The Balaban J connectivity index is 4.25. The summed E-state index contributed by atoms with van der Waals surface area (Å²) in [5, 5.41) is 27.6. The minimum atomic E-state index is -0.789. The van der Waals surface area contributed by atoms with E-state index >= 15 is 0 Å². The van der Waals surface area contributed by atoms with Gasteiger partial charge in [0, 0.05) is 5.41 Å². The van der Waals surface area contributed by atoms with E-state index in [1.54, 1.807) is 0 Å². The Hall–Kier alpha value is -0.380. The highest BCUT2D eigenvalue weighted by Crippen LogP contribution is 2.27. The average molecular weight is 216 g/mol. The zero-order chi connectivity index (χ0) is 11.7. The second-order valence-corrected chi connectivity index (χ2v) is 4.20. The van der Waals surface area contributed by atoms with E-state index < -0.39 is 5.41 Å². The van der Waals surface area contributed by atoms with Crippen LogP contribution in [0.5, 0.6) is 0 Å². The summed E-state index contributed by atoms with van der Waals surface area (Å²) in [6.07, 6.45) is 7.35. The lowest BCUT2D eigenvalue weighted by molar-refractivity contribution is -0.0198. The van der Waals surface area contributed by atoms with Crippen molar-refractivity contribution >= 4 is 0 Å². The highest BCUT2D eigenvalue weighted by atomic mass is 16.3. The molecule has 0 aliphatic rings. The maximum Gasteiger partial charge on any atom is 0.0537 e. The molecule has 0 saturated heterocycles. The third-order valence-electron chi connectivity index (χ3n) is 3.06. The first-order valence-corrected chi connectivity index (χ1v) is 5.66. The maximum atomic E-state index is 9.20. The third-order valence-corrected chi connectivity index (χ3v) is 3.06. The molecule has 0 aliphatic heterocycles. The van der Waals surface area contributed by atoms with Crippen molar-refractivity contribution < 1.29 is 15.3 Å². The molecule has 0 amide bonds. The number of rotatable bonds is 8. The van der Waals surface area contributed by atoms with E-state index in [2.05, 4.69) is 13.0 Å². The van der Waals surface area contributed by atoms with Crippen molar-refractivity contribution in [1.29, 1.82) is 0 Å². The summed E-state index contributed by atoms with van der Waals surface area (Å²) in [6, 6.07) is 0. The topological polar surface area (TPSA) is 60.7 Å². The van der Waals surface area contributed by atoms with Crippen molar-refractivity contribution in [2.75, 3.05) is 19.8 Å². The van der Waals surface area contributed by atoms with E-state index in [0.29, 0.717) is 0 Å². The molecule has 0 aromatic carbocycles. The molecule has 90 valence electrons. The number of allylic oxidation sites excluding steroid dienone is 2. The molecule has 0 radical (unpaired) electrons. The summed E-state index contributed by atoms with van der Waals surface area (Å²) in [4.78, 5) is 0. The Morgan fingerprint density at radius 3 is 2.07 bits per heavy atom. The van der Waals surface area contributed by atoms with Crippen molar-refractivity contribution in [3.8, 4) is 0 Å². The van der Waals surface area contributed by atoms with Gasteiger partial charge in [-0.05, 0) is 12.3 Å². The fourth-order valence-corrected chi connectivity index (χ4v) is 1.41. The molecule has 0 fully saturated rings. The predicted octanol–water partition coefficient (Wildman–Crippen LogP) is 1.33. The molecule has 0 saturated carbocycles. The van der Waals surface area contributed by atoms with E-state index in [9.17, 15) is 15.3 Å². The van der Waals surface area contributed by atoms with Crippen LogP contribution in [0.2, 0.25) is 0 Å². The van der Waals surface area contributed by atoms with E-state index in [4.69, 9.17) is 0 Å². The van der Waals surface area contributed by atoms with Crippen molar-refractivity contribution in [3.05, 3.63) is 12.2 Å². The monoisotopic (exact) mass is 216 g/mol. The van der Waals surface area contributed by atoms with E-state index in [0.717, 1.165) is 19.3 Å². The molecule has 0 spiro atoms. The lowest BCUT2D eigenvalue weighted by atomic mass is 9.78. The van der Waals surface area contributed by atoms with Gasteiger partial charge in [0.25, 0.3) is 0 Å². The quantitative estimate of drug-likeness (QED) is 0.424. The highest BCUT2D eigenvalue weighted by molar-refractivity contribution is 4.96. The first-order chi connectivity index (χ1) is 7.16. The molecular formula is C12H24O3. The number of hydrogen-bond donors (Lipinski definition) is 3. The number of aliphatic hydroxyl groups is 3. The van der Waals surface area contributed by atoms with Crippen LogP contribution in [-0.4, -0.2) is 35.1 Å². The molecule has 3 heteroatoms. The molecular weight excluding hydrogens is 192 g/mol. The second-order valence-electron chi connectivity index (χ2n) is 4.20. The Bertz CT molecular complexity index is 165. The Morgan fingerprint density at radius 1 is 1.13 bits per heavy atom. The lowest BCUT2D eigenvalue weighted by Gasteiger charge is -2.32. The summed E-state index contributed by atoms with van der Waals surface area (Å²) in [5.74, 6) is -0.0191. The van der Waals surface area contributed by atoms with Gasteiger partial charge >= 0.3 is 0 Å². The molecule has 0 bridgehead atoms. The standard InChI is InChI=1S/C12H24O3/c1-3-4-5-6-7-11(2)12(8-13,9-14)10-15/h6-7,11,13-15H,3-5,8-10H2,1-2H3/b7-6+. The van der Waals surface area contributed by atoms with Crippen LogP contribution in [-0.2, 0) is 0 Å². The normalized spacial score (nSPS) is 14.7. The first kappa shape index (κ1) is 14.6. The smallest absolute Gasteiger partial charge is 0.0537 e. The zero-order valence-corrected chi connectivity index (χ0v) is 9.82. The van der Waals surface area contributed by atoms with Gasteiger partial charge in [0.05, 0.1) is 19.8 Å². The van der Waals surface area contributed by atoms with Crippen LogP contribution >= 0.6 is 0 Å². The van der Waals surface area contributed by atoms with E-state index in [1.807, 2.05) is 13.0 Å². The molecule has 1 unspecified atom stereocenters. The molecule has 0 rings (SSSR count). The van der Waals surface area contributed by atoms with E-state index in [1.165, 1.54) is 0 Å². The fraction of sp³-hybridized carbons (Fsp3) is 0.833. The van der Waals surface area contributed by atoms with Gasteiger partial charge in [-0.1, -0.05) is 38.8 Å². The highest BCUT2D eigenvalue weighted by Gasteiger charge is 2.32. The largest absolute Gasteiger partial charge is 0.396 e. The minimum Gasteiger partial charge on any atom is -0.396 e. The van der Waals surface area contributed by atoms with Crippen LogP contribution in [0.4, 0.5) is 0 Å². The Morgan fingerprint density at radius 2 is 1.67 bits per heavy atom. The van der Waals surface area contributed by atoms with Crippen LogP contribution in [0.15, 0.2) is 12.2 Å². The Kier molecular flexibility index (Phi) is 7.65. The van der Waals surface area contributed by atoms with Crippen LogP contribution in [0.1, 0.15) is 33.1 Å². The maximum absolute atomic E-state index is 9.20. The van der Waals surface area contributed by atoms with Crippen LogP contribution in [0.3, 0.4) is 0 Å². The first-order valence-electron chi connectivity index (χ1n) is 5.66. The molecule has 15 heavy (non-hydrogen) atoms. The fourth-order valence-electron chi connectivity index (χ4n) is 1.41. The van der Waals surface area contributed by atoms with Crippen molar-refractivity contribution in [3.63, 3.8) is 0 Å². The van der Waals surface area contributed by atoms with Gasteiger partial charge in [0.2, 0.25) is 0 Å². The van der Waals surface area contributed by atoms with Gasteiger partial charge in [-0.2, -0.15) is 0 Å². The Labute approximate surface area is 92.4 Å². The summed E-state index contributed by atoms with van der Waals surface area (Å²) in [5.41, 5.74) is -0.789. The van der Waals surface area contributed by atoms with Crippen LogP contribution < -0.4 is 0 Å². The third kappa shape index (κ3) is 4.33. The SMILES string of the molecule is CCCC/C=C/C(C)C(CO)(CO)CO. The van der Waals surface area contributed by atoms with Gasteiger partial charge in [0.15, 0.2) is 0 Å². The van der Waals surface area contributed by atoms with Crippen molar-refractivity contribution in [2.45, 2.75) is 33.1 Å². The molecule has 1 atom stereocenters. The number of aliphatic hydroxyl groups excluding tert-OH is 3. The molecule has 0 aromatic rings. The predicted molar refractivity (Wildman–Crippen MR) is 61.5 cm³/mol. The van der Waals surface area contributed by atoms with Gasteiger partial charge in [-0.25, -0.2) is 0 Å². The summed E-state index contributed by atoms with van der Waals surface area (Å²) in [6.45, 7) is 3.46. The minimum absolute atomic E-state index is 0.0191. The summed E-state index contributed by atoms with van der Waals surface area (Å²) in [7, 11) is 0. The van der Waals surface area contributed by atoms with Gasteiger partial charge in [-0.3, -0.25) is 0 Å². The summed E-state index contributed by atoms with van der Waals surface area (Å²) >= 11 is 0. The van der Waals surface area contributed by atoms with Gasteiger partial charge < -0.3 is 15.3 Å². The van der Waals surface area contributed by atoms with Crippen LogP contribution in [0, 0.1) is 11.3 Å². The summed E-state index contributed by atoms with van der Waals surface area (Å²) < 4.78 is 0. The van der Waals surface area contributed by atoms with Crippen molar-refractivity contribution in [1.82, 2.24) is 0 Å². The molecule has 0 heterocycles.